The topological polar surface area (TPSA) is 89.5 Å². The summed E-state index contributed by atoms with van der Waals surface area (Å²) >= 11 is 0. The lowest BCUT2D eigenvalue weighted by Crippen LogP contribution is -2.38. The standard InChI is InChI=1S/C20H26N6O2.HI/c1-2-21-20(22-11-7-12-27-15-18-10-6-13-28-18)23-14-19-25-24-16-26(19)17-8-4-3-5-9-17;/h3-6,8-10,13,16H,2,7,11-12,14-15H2,1H3,(H2,21,22,23);1H. The monoisotopic (exact) mass is 510 g/mol. The molecule has 0 radical (unpaired) electrons. The number of ether oxygens (including phenoxy) is 1. The van der Waals surface area contributed by atoms with E-state index in [0.717, 1.165) is 42.7 Å². The van der Waals surface area contributed by atoms with Crippen LogP contribution >= 0.6 is 24.0 Å². The Bertz CT molecular complexity index is 836. The van der Waals surface area contributed by atoms with Crippen molar-refractivity contribution in [1.29, 1.82) is 0 Å². The van der Waals surface area contributed by atoms with Crippen LogP contribution in [0.5, 0.6) is 0 Å². The van der Waals surface area contributed by atoms with Gasteiger partial charge in [0.1, 0.15) is 25.2 Å². The maximum atomic E-state index is 5.59. The number of benzene rings is 1. The molecule has 0 unspecified atom stereocenters. The predicted octanol–water partition coefficient (Wildman–Crippen LogP) is 3.14. The molecule has 1 aromatic carbocycles. The van der Waals surface area contributed by atoms with Crippen LogP contribution in [0.2, 0.25) is 0 Å². The molecule has 0 bridgehead atoms. The van der Waals surface area contributed by atoms with Crippen molar-refractivity contribution in [3.63, 3.8) is 0 Å². The second-order valence-corrected chi connectivity index (χ2v) is 6.06. The number of hydrogen-bond donors (Lipinski definition) is 2. The number of furan rings is 1. The Kier molecular flexibility index (Phi) is 10.2. The summed E-state index contributed by atoms with van der Waals surface area (Å²) in [5.74, 6) is 2.37. The van der Waals surface area contributed by atoms with Gasteiger partial charge in [0.15, 0.2) is 11.8 Å². The quantitative estimate of drug-likeness (QED) is 0.189. The van der Waals surface area contributed by atoms with Gasteiger partial charge >= 0.3 is 0 Å². The molecule has 2 aromatic heterocycles. The highest BCUT2D eigenvalue weighted by atomic mass is 127. The summed E-state index contributed by atoms with van der Waals surface area (Å²) in [5.41, 5.74) is 1.02. The SMILES string of the molecule is CCNC(=NCc1nncn1-c1ccccc1)NCCCOCc1ccco1.I. The third-order valence-corrected chi connectivity index (χ3v) is 3.96. The van der Waals surface area contributed by atoms with E-state index >= 15 is 0 Å². The molecule has 8 nitrogen and oxygen atoms in total. The zero-order valence-electron chi connectivity index (χ0n) is 16.5. The van der Waals surface area contributed by atoms with Crippen LogP contribution in [0.15, 0.2) is 64.5 Å². The number of rotatable bonds is 10. The predicted molar refractivity (Wildman–Crippen MR) is 123 cm³/mol. The maximum absolute atomic E-state index is 5.59. The molecular weight excluding hydrogens is 483 g/mol. The van der Waals surface area contributed by atoms with Crippen LogP contribution in [-0.4, -0.2) is 40.4 Å². The Morgan fingerprint density at radius 1 is 1.17 bits per heavy atom. The second kappa shape index (κ2) is 12.9. The summed E-state index contributed by atoms with van der Waals surface area (Å²) in [7, 11) is 0. The number of guanidine groups is 1. The summed E-state index contributed by atoms with van der Waals surface area (Å²) < 4.78 is 12.8. The van der Waals surface area contributed by atoms with Crippen molar-refractivity contribution in [2.24, 2.45) is 4.99 Å². The van der Waals surface area contributed by atoms with Crippen LogP contribution in [0.1, 0.15) is 24.9 Å². The molecule has 0 aliphatic rings. The molecule has 0 spiro atoms. The van der Waals surface area contributed by atoms with Gasteiger partial charge in [-0.1, -0.05) is 18.2 Å². The summed E-state index contributed by atoms with van der Waals surface area (Å²) in [6.07, 6.45) is 4.22. The fourth-order valence-electron chi connectivity index (χ4n) is 2.61. The molecule has 2 N–H and O–H groups in total. The molecule has 9 heteroatoms. The Morgan fingerprint density at radius 3 is 2.79 bits per heavy atom. The lowest BCUT2D eigenvalue weighted by Gasteiger charge is -2.11. The fourth-order valence-corrected chi connectivity index (χ4v) is 2.61. The first-order valence-electron chi connectivity index (χ1n) is 9.43. The lowest BCUT2D eigenvalue weighted by atomic mass is 10.3. The minimum Gasteiger partial charge on any atom is -0.467 e. The summed E-state index contributed by atoms with van der Waals surface area (Å²) in [6, 6.07) is 13.8. The number of aliphatic imine (C=N–C) groups is 1. The van der Waals surface area contributed by atoms with Crippen molar-refractivity contribution in [1.82, 2.24) is 25.4 Å². The Hall–Kier alpha value is -2.40. The van der Waals surface area contributed by atoms with E-state index in [-0.39, 0.29) is 24.0 Å². The van der Waals surface area contributed by atoms with Crippen LogP contribution in [0.3, 0.4) is 0 Å². The lowest BCUT2D eigenvalue weighted by molar-refractivity contribution is 0.105. The third kappa shape index (κ3) is 7.50. The minimum absolute atomic E-state index is 0. The second-order valence-electron chi connectivity index (χ2n) is 6.06. The highest BCUT2D eigenvalue weighted by Crippen LogP contribution is 2.09. The van der Waals surface area contributed by atoms with Gasteiger partial charge < -0.3 is 19.8 Å². The van der Waals surface area contributed by atoms with E-state index in [4.69, 9.17) is 9.15 Å². The highest BCUT2D eigenvalue weighted by Gasteiger charge is 2.06. The van der Waals surface area contributed by atoms with Gasteiger partial charge in [0.2, 0.25) is 0 Å². The van der Waals surface area contributed by atoms with Crippen LogP contribution in [0.4, 0.5) is 0 Å². The van der Waals surface area contributed by atoms with Crippen LogP contribution < -0.4 is 10.6 Å². The van der Waals surface area contributed by atoms with Crippen molar-refractivity contribution in [3.8, 4) is 5.69 Å². The van der Waals surface area contributed by atoms with Crippen molar-refractivity contribution in [2.75, 3.05) is 19.7 Å². The van der Waals surface area contributed by atoms with Crippen molar-refractivity contribution in [2.45, 2.75) is 26.5 Å². The normalized spacial score (nSPS) is 11.1. The number of para-hydroxylation sites is 1. The van der Waals surface area contributed by atoms with Crippen molar-refractivity contribution < 1.29 is 9.15 Å². The molecule has 0 atom stereocenters. The smallest absolute Gasteiger partial charge is 0.191 e. The molecular formula is C20H27IN6O2. The Balaban J connectivity index is 0.00000300. The van der Waals surface area contributed by atoms with E-state index in [0.29, 0.717) is 19.8 Å². The van der Waals surface area contributed by atoms with Gasteiger partial charge in [-0.3, -0.25) is 4.57 Å². The first-order chi connectivity index (χ1) is 13.9. The molecule has 3 aromatic rings. The molecule has 0 fully saturated rings. The number of nitrogens with one attached hydrogen (secondary N) is 2. The molecule has 0 saturated heterocycles. The zero-order valence-corrected chi connectivity index (χ0v) is 18.8. The molecule has 29 heavy (non-hydrogen) atoms. The van der Waals surface area contributed by atoms with E-state index in [9.17, 15) is 0 Å². The number of nitrogens with zero attached hydrogens (tertiary/aromatic N) is 4. The van der Waals surface area contributed by atoms with E-state index in [1.54, 1.807) is 12.6 Å². The Morgan fingerprint density at radius 2 is 2.03 bits per heavy atom. The van der Waals surface area contributed by atoms with E-state index in [1.165, 1.54) is 0 Å². The molecule has 0 aliphatic carbocycles. The van der Waals surface area contributed by atoms with Crippen molar-refractivity contribution >= 4 is 29.9 Å². The highest BCUT2D eigenvalue weighted by molar-refractivity contribution is 14.0. The molecule has 156 valence electrons. The van der Waals surface area contributed by atoms with E-state index in [1.807, 2.05) is 54.0 Å². The zero-order chi connectivity index (χ0) is 19.4. The minimum atomic E-state index is 0. The Labute approximate surface area is 187 Å². The molecule has 2 heterocycles. The third-order valence-electron chi connectivity index (χ3n) is 3.96. The summed E-state index contributed by atoms with van der Waals surface area (Å²) in [5, 5.41) is 14.8. The van der Waals surface area contributed by atoms with E-state index in [2.05, 4.69) is 25.8 Å². The fraction of sp³-hybridized carbons (Fsp3) is 0.350. The average molecular weight is 510 g/mol. The van der Waals surface area contributed by atoms with Crippen LogP contribution in [0.25, 0.3) is 5.69 Å². The van der Waals surface area contributed by atoms with Gasteiger partial charge in [0.05, 0.1) is 6.26 Å². The maximum Gasteiger partial charge on any atom is 0.191 e. The molecule has 0 aliphatic heterocycles. The van der Waals surface area contributed by atoms with Gasteiger partial charge in [-0.2, -0.15) is 0 Å². The van der Waals surface area contributed by atoms with Gasteiger partial charge in [0, 0.05) is 25.4 Å². The van der Waals surface area contributed by atoms with Gasteiger partial charge in [-0.25, -0.2) is 4.99 Å². The number of halogens is 1. The van der Waals surface area contributed by atoms with E-state index < -0.39 is 0 Å². The van der Waals surface area contributed by atoms with Crippen molar-refractivity contribution in [3.05, 3.63) is 66.6 Å². The van der Waals surface area contributed by atoms with Crippen LogP contribution in [-0.2, 0) is 17.9 Å². The summed E-state index contributed by atoms with van der Waals surface area (Å²) in [6.45, 7) is 5.16. The van der Waals surface area contributed by atoms with Crippen LogP contribution in [0, 0.1) is 0 Å². The number of aromatic nitrogens is 3. The van der Waals surface area contributed by atoms with Gasteiger partial charge in [-0.15, -0.1) is 34.2 Å². The molecule has 0 amide bonds. The first-order valence-corrected chi connectivity index (χ1v) is 9.43. The molecule has 0 saturated carbocycles. The van der Waals surface area contributed by atoms with Gasteiger partial charge in [0.25, 0.3) is 0 Å². The largest absolute Gasteiger partial charge is 0.467 e. The first kappa shape index (κ1) is 22.9. The molecule has 3 rings (SSSR count). The average Bonchev–Trinajstić information content (AvgIpc) is 3.41. The van der Waals surface area contributed by atoms with Gasteiger partial charge in [-0.05, 0) is 37.6 Å². The number of hydrogen-bond acceptors (Lipinski definition) is 5. The summed E-state index contributed by atoms with van der Waals surface area (Å²) in [4.78, 5) is 4.62.